The Hall–Kier alpha value is -2.57. The number of aliphatic imine (C=N–C) groups is 1. The van der Waals surface area contributed by atoms with Crippen LogP contribution >= 0.6 is 11.8 Å². The van der Waals surface area contributed by atoms with E-state index in [4.69, 9.17) is 19.5 Å². The highest BCUT2D eigenvalue weighted by Gasteiger charge is 2.26. The minimum absolute atomic E-state index is 0.229. The zero-order chi connectivity index (χ0) is 22.1. The van der Waals surface area contributed by atoms with Crippen molar-refractivity contribution in [2.75, 3.05) is 20.3 Å². The Kier molecular flexibility index (Phi) is 6.07. The Morgan fingerprint density at radius 2 is 2.03 bits per heavy atom. The number of para-hydroxylation sites is 1. The van der Waals surface area contributed by atoms with Gasteiger partial charge in [-0.05, 0) is 61.7 Å². The molecule has 3 heterocycles. The van der Waals surface area contributed by atoms with Crippen LogP contribution in [0.3, 0.4) is 0 Å². The fourth-order valence-electron chi connectivity index (χ4n) is 4.45. The molecule has 1 fully saturated rings. The first-order valence-electron chi connectivity index (χ1n) is 11.2. The highest BCUT2D eigenvalue weighted by atomic mass is 32.2. The van der Waals surface area contributed by atoms with Gasteiger partial charge in [0.25, 0.3) is 0 Å². The average molecular weight is 448 g/mol. The Bertz CT molecular complexity index is 1170. The highest BCUT2D eigenvalue weighted by Crippen LogP contribution is 2.36. The number of nitrogens with zero attached hydrogens (tertiary/aromatic N) is 3. The molecule has 2 aromatic carbocycles. The number of aryl methyl sites for hydroxylation is 2. The van der Waals surface area contributed by atoms with Crippen LogP contribution in [-0.2, 0) is 17.8 Å². The molecule has 6 heteroatoms. The minimum Gasteiger partial charge on any atom is -0.496 e. The smallest absolute Gasteiger partial charge is 0.166 e. The molecule has 1 aromatic heterocycles. The second-order valence-corrected chi connectivity index (χ2v) is 9.53. The maximum atomic E-state index is 5.82. The van der Waals surface area contributed by atoms with Gasteiger partial charge in [0, 0.05) is 36.2 Å². The van der Waals surface area contributed by atoms with Gasteiger partial charge >= 0.3 is 0 Å². The van der Waals surface area contributed by atoms with Crippen molar-refractivity contribution in [3.63, 3.8) is 0 Å². The SMILES string of the molecule is COc1ccccc1CN1Cc2cc3c(C)ccc(C)c3nc2SC1=NC[C@@H]1CCCO1. The summed E-state index contributed by atoms with van der Waals surface area (Å²) in [6.45, 7) is 7.36. The average Bonchev–Trinajstić information content (AvgIpc) is 3.33. The molecular formula is C26H29N3O2S. The van der Waals surface area contributed by atoms with Gasteiger partial charge in [-0.15, -0.1) is 0 Å². The number of hydrogen-bond acceptors (Lipinski definition) is 5. The minimum atomic E-state index is 0.229. The highest BCUT2D eigenvalue weighted by molar-refractivity contribution is 8.13. The van der Waals surface area contributed by atoms with Gasteiger partial charge in [-0.3, -0.25) is 4.99 Å². The predicted octanol–water partition coefficient (Wildman–Crippen LogP) is 5.50. The van der Waals surface area contributed by atoms with Crippen LogP contribution in [0.1, 0.15) is 35.1 Å². The summed E-state index contributed by atoms with van der Waals surface area (Å²) in [5.74, 6) is 0.907. The third-order valence-electron chi connectivity index (χ3n) is 6.27. The summed E-state index contributed by atoms with van der Waals surface area (Å²) in [7, 11) is 1.73. The zero-order valence-corrected chi connectivity index (χ0v) is 19.7. The van der Waals surface area contributed by atoms with Gasteiger partial charge in [-0.1, -0.05) is 30.3 Å². The second-order valence-electron chi connectivity index (χ2n) is 8.58. The number of benzene rings is 2. The van der Waals surface area contributed by atoms with E-state index in [9.17, 15) is 0 Å². The van der Waals surface area contributed by atoms with Gasteiger partial charge in [0.2, 0.25) is 0 Å². The maximum Gasteiger partial charge on any atom is 0.166 e. The van der Waals surface area contributed by atoms with Crippen LogP contribution in [0.15, 0.2) is 52.5 Å². The standard InChI is InChI=1S/C26H29N3O2S/c1-17-10-11-18(2)24-22(17)13-20-16-29(15-19-7-4-5-9-23(19)30-3)26(32-25(20)28-24)27-14-21-8-6-12-31-21/h4-5,7,9-11,13,21H,6,8,12,14-16H2,1-3H3/t21-/m0/s1. The predicted molar refractivity (Wildman–Crippen MR) is 131 cm³/mol. The van der Waals surface area contributed by atoms with Crippen LogP contribution in [-0.4, -0.2) is 41.4 Å². The van der Waals surface area contributed by atoms with E-state index in [0.717, 1.165) is 59.6 Å². The number of pyridine rings is 1. The molecule has 5 nitrogen and oxygen atoms in total. The van der Waals surface area contributed by atoms with Crippen LogP contribution in [0.25, 0.3) is 10.9 Å². The van der Waals surface area contributed by atoms with E-state index in [1.807, 2.05) is 12.1 Å². The van der Waals surface area contributed by atoms with Crippen molar-refractivity contribution in [1.29, 1.82) is 0 Å². The lowest BCUT2D eigenvalue weighted by Gasteiger charge is -2.31. The third-order valence-corrected chi connectivity index (χ3v) is 7.39. The molecule has 0 aliphatic carbocycles. The van der Waals surface area contributed by atoms with Crippen molar-refractivity contribution in [3.8, 4) is 5.75 Å². The molecule has 166 valence electrons. The number of aromatic nitrogens is 1. The number of methoxy groups -OCH3 is 1. The van der Waals surface area contributed by atoms with Crippen molar-refractivity contribution in [1.82, 2.24) is 9.88 Å². The number of hydrogen-bond donors (Lipinski definition) is 0. The molecule has 3 aromatic rings. The Morgan fingerprint density at radius 3 is 2.84 bits per heavy atom. The second kappa shape index (κ2) is 9.12. The summed E-state index contributed by atoms with van der Waals surface area (Å²) in [5, 5.41) is 3.31. The summed E-state index contributed by atoms with van der Waals surface area (Å²) in [5.41, 5.74) is 5.98. The van der Waals surface area contributed by atoms with E-state index in [0.29, 0.717) is 6.54 Å². The molecular weight excluding hydrogens is 418 g/mol. The molecule has 32 heavy (non-hydrogen) atoms. The molecule has 0 radical (unpaired) electrons. The molecule has 0 spiro atoms. The first-order valence-corrected chi connectivity index (χ1v) is 12.0. The van der Waals surface area contributed by atoms with Crippen molar-refractivity contribution in [3.05, 3.63) is 64.7 Å². The van der Waals surface area contributed by atoms with E-state index in [1.54, 1.807) is 18.9 Å². The quantitative estimate of drug-likeness (QED) is 0.517. The molecule has 5 rings (SSSR count). The summed E-state index contributed by atoms with van der Waals surface area (Å²) in [4.78, 5) is 12.4. The van der Waals surface area contributed by atoms with E-state index in [2.05, 4.69) is 49.1 Å². The third kappa shape index (κ3) is 4.21. The van der Waals surface area contributed by atoms with Crippen LogP contribution < -0.4 is 4.74 Å². The van der Waals surface area contributed by atoms with Crippen LogP contribution in [0.4, 0.5) is 0 Å². The lowest BCUT2D eigenvalue weighted by atomic mass is 10.0. The number of amidine groups is 1. The van der Waals surface area contributed by atoms with E-state index in [-0.39, 0.29) is 6.10 Å². The molecule has 2 aliphatic rings. The molecule has 0 amide bonds. The Labute approximate surface area is 193 Å². The largest absolute Gasteiger partial charge is 0.496 e. The maximum absolute atomic E-state index is 5.82. The fourth-order valence-corrected chi connectivity index (χ4v) is 5.41. The van der Waals surface area contributed by atoms with Gasteiger partial charge in [0.15, 0.2) is 5.17 Å². The number of ether oxygens (including phenoxy) is 2. The first-order chi connectivity index (χ1) is 15.6. The molecule has 2 aliphatic heterocycles. The fraction of sp³-hybridized carbons (Fsp3) is 0.385. The molecule has 0 saturated carbocycles. The lowest BCUT2D eigenvalue weighted by molar-refractivity contribution is 0.117. The van der Waals surface area contributed by atoms with Crippen molar-refractivity contribution in [2.24, 2.45) is 4.99 Å². The monoisotopic (exact) mass is 447 g/mol. The molecule has 1 saturated heterocycles. The Balaban J connectivity index is 1.52. The first kappa shape index (κ1) is 21.3. The van der Waals surface area contributed by atoms with Crippen LogP contribution in [0.2, 0.25) is 0 Å². The summed E-state index contributed by atoms with van der Waals surface area (Å²) in [6, 6.07) is 14.9. The summed E-state index contributed by atoms with van der Waals surface area (Å²) in [6.07, 6.45) is 2.45. The van der Waals surface area contributed by atoms with Gasteiger partial charge < -0.3 is 14.4 Å². The normalized spacial score (nSPS) is 19.5. The van der Waals surface area contributed by atoms with E-state index < -0.39 is 0 Å². The topological polar surface area (TPSA) is 47.0 Å². The van der Waals surface area contributed by atoms with Crippen molar-refractivity contribution >= 4 is 27.8 Å². The van der Waals surface area contributed by atoms with E-state index in [1.165, 1.54) is 22.1 Å². The molecule has 0 bridgehead atoms. The van der Waals surface area contributed by atoms with Gasteiger partial charge in [-0.2, -0.15) is 0 Å². The van der Waals surface area contributed by atoms with Gasteiger partial charge in [-0.25, -0.2) is 4.98 Å². The zero-order valence-electron chi connectivity index (χ0n) is 18.9. The van der Waals surface area contributed by atoms with Crippen molar-refractivity contribution in [2.45, 2.75) is 50.9 Å². The molecule has 0 unspecified atom stereocenters. The van der Waals surface area contributed by atoms with Gasteiger partial charge in [0.1, 0.15) is 10.8 Å². The van der Waals surface area contributed by atoms with Crippen LogP contribution in [0, 0.1) is 13.8 Å². The molecule has 0 N–H and O–H groups in total. The number of fused-ring (bicyclic) bond motifs is 2. The van der Waals surface area contributed by atoms with Crippen molar-refractivity contribution < 1.29 is 9.47 Å². The molecule has 1 atom stereocenters. The van der Waals surface area contributed by atoms with Gasteiger partial charge in [0.05, 0.1) is 25.3 Å². The summed E-state index contributed by atoms with van der Waals surface area (Å²) >= 11 is 1.68. The number of rotatable bonds is 5. The summed E-state index contributed by atoms with van der Waals surface area (Å²) < 4.78 is 11.4. The number of thioether (sulfide) groups is 1. The lowest BCUT2D eigenvalue weighted by Crippen LogP contribution is -2.32. The van der Waals surface area contributed by atoms with Crippen LogP contribution in [0.5, 0.6) is 5.75 Å². The van der Waals surface area contributed by atoms with E-state index >= 15 is 0 Å². The Morgan fingerprint density at radius 1 is 1.19 bits per heavy atom.